The smallest absolute Gasteiger partial charge is 0.229 e. The van der Waals surface area contributed by atoms with E-state index < -0.39 is 0 Å². The predicted molar refractivity (Wildman–Crippen MR) is 78.9 cm³/mol. The molecule has 19 heavy (non-hydrogen) atoms. The summed E-state index contributed by atoms with van der Waals surface area (Å²) in [4.78, 5) is 16.4. The second kappa shape index (κ2) is 6.02. The van der Waals surface area contributed by atoms with Gasteiger partial charge in [0.15, 0.2) is 5.13 Å². The highest BCUT2D eigenvalue weighted by molar-refractivity contribution is 7.22. The summed E-state index contributed by atoms with van der Waals surface area (Å²) in [5, 5.41) is 3.55. The fourth-order valence-electron chi connectivity index (χ4n) is 1.95. The number of aromatic nitrogens is 1. The van der Waals surface area contributed by atoms with Crippen LogP contribution in [0.1, 0.15) is 26.7 Å². The van der Waals surface area contributed by atoms with Gasteiger partial charge < -0.3 is 10.1 Å². The zero-order valence-electron chi connectivity index (χ0n) is 11.4. The molecule has 4 nitrogen and oxygen atoms in total. The third-order valence-electron chi connectivity index (χ3n) is 3.18. The van der Waals surface area contributed by atoms with Gasteiger partial charge in [-0.15, -0.1) is 0 Å². The summed E-state index contributed by atoms with van der Waals surface area (Å²) in [6, 6.07) is 5.70. The van der Waals surface area contributed by atoms with Crippen molar-refractivity contribution in [1.29, 1.82) is 0 Å². The third-order valence-corrected chi connectivity index (χ3v) is 4.12. The summed E-state index contributed by atoms with van der Waals surface area (Å²) in [5.74, 6) is 0.909. The highest BCUT2D eigenvalue weighted by Gasteiger charge is 2.16. The number of nitrogens with one attached hydrogen (secondary N) is 1. The number of carbonyl (C=O) groups excluding carboxylic acids is 1. The van der Waals surface area contributed by atoms with Gasteiger partial charge in [-0.3, -0.25) is 4.79 Å². The van der Waals surface area contributed by atoms with Gasteiger partial charge in [0.1, 0.15) is 5.75 Å². The Kier molecular flexibility index (Phi) is 4.37. The molecule has 0 aliphatic rings. The number of anilines is 1. The van der Waals surface area contributed by atoms with Crippen molar-refractivity contribution in [2.24, 2.45) is 5.92 Å². The fourth-order valence-corrected chi connectivity index (χ4v) is 2.85. The summed E-state index contributed by atoms with van der Waals surface area (Å²) in [7, 11) is 1.64. The lowest BCUT2D eigenvalue weighted by Gasteiger charge is -2.10. The van der Waals surface area contributed by atoms with Crippen LogP contribution in [0.4, 0.5) is 5.13 Å². The molecule has 0 bridgehead atoms. The van der Waals surface area contributed by atoms with Gasteiger partial charge in [0, 0.05) is 5.92 Å². The van der Waals surface area contributed by atoms with Gasteiger partial charge in [0.25, 0.3) is 0 Å². The van der Waals surface area contributed by atoms with Crippen LogP contribution in [0, 0.1) is 5.92 Å². The van der Waals surface area contributed by atoms with E-state index in [4.69, 9.17) is 4.74 Å². The van der Waals surface area contributed by atoms with E-state index >= 15 is 0 Å². The Bertz CT molecular complexity index is 576. The van der Waals surface area contributed by atoms with Crippen molar-refractivity contribution >= 4 is 32.6 Å². The van der Waals surface area contributed by atoms with Crippen molar-refractivity contribution in [3.8, 4) is 5.75 Å². The molecule has 1 amide bonds. The van der Waals surface area contributed by atoms with Crippen LogP contribution in [-0.4, -0.2) is 18.0 Å². The molecule has 0 radical (unpaired) electrons. The third kappa shape index (κ3) is 3.04. The van der Waals surface area contributed by atoms with Gasteiger partial charge >= 0.3 is 0 Å². The number of ether oxygens (including phenoxy) is 1. The molecule has 1 N–H and O–H groups in total. The van der Waals surface area contributed by atoms with Gasteiger partial charge in [-0.25, -0.2) is 4.98 Å². The number of nitrogens with zero attached hydrogens (tertiary/aromatic N) is 1. The van der Waals surface area contributed by atoms with Crippen molar-refractivity contribution in [2.75, 3.05) is 12.4 Å². The summed E-state index contributed by atoms with van der Waals surface area (Å²) in [6.45, 7) is 4.05. The Morgan fingerprint density at radius 2 is 2.16 bits per heavy atom. The lowest BCUT2D eigenvalue weighted by molar-refractivity contribution is -0.120. The maximum Gasteiger partial charge on any atom is 0.229 e. The molecule has 0 aliphatic carbocycles. The van der Waals surface area contributed by atoms with Crippen molar-refractivity contribution in [2.45, 2.75) is 26.7 Å². The zero-order valence-corrected chi connectivity index (χ0v) is 12.2. The average Bonchev–Trinajstić information content (AvgIpc) is 2.80. The highest BCUT2D eigenvalue weighted by atomic mass is 32.1. The van der Waals surface area contributed by atoms with Crippen LogP contribution in [0.25, 0.3) is 10.2 Å². The molecule has 0 aliphatic heterocycles. The number of hydrogen-bond acceptors (Lipinski definition) is 4. The number of amides is 1. The lowest BCUT2D eigenvalue weighted by Crippen LogP contribution is -2.21. The topological polar surface area (TPSA) is 51.2 Å². The van der Waals surface area contributed by atoms with E-state index in [1.807, 2.05) is 32.0 Å². The highest BCUT2D eigenvalue weighted by Crippen LogP contribution is 2.29. The molecule has 0 saturated carbocycles. The van der Waals surface area contributed by atoms with Crippen molar-refractivity contribution in [3.05, 3.63) is 18.2 Å². The van der Waals surface area contributed by atoms with Crippen LogP contribution in [0.5, 0.6) is 5.75 Å². The molecule has 2 aromatic rings. The first-order valence-electron chi connectivity index (χ1n) is 6.43. The minimum Gasteiger partial charge on any atom is -0.497 e. The van der Waals surface area contributed by atoms with E-state index in [2.05, 4.69) is 10.3 Å². The van der Waals surface area contributed by atoms with E-state index in [1.54, 1.807) is 7.11 Å². The molecular formula is C14H18N2O2S. The zero-order chi connectivity index (χ0) is 13.8. The molecule has 0 fully saturated rings. The Balaban J connectivity index is 2.19. The minimum atomic E-state index is 0.0519. The Morgan fingerprint density at radius 3 is 2.79 bits per heavy atom. The maximum absolute atomic E-state index is 12.0. The standard InChI is InChI=1S/C14H18N2O2S/c1-4-9(5-2)13(17)16-14-15-11-7-6-10(18-3)8-12(11)19-14/h6-9H,4-5H2,1-3H3,(H,15,16,17). The van der Waals surface area contributed by atoms with E-state index in [9.17, 15) is 4.79 Å². The van der Waals surface area contributed by atoms with Crippen molar-refractivity contribution < 1.29 is 9.53 Å². The second-order valence-electron chi connectivity index (χ2n) is 4.36. The van der Waals surface area contributed by atoms with Crippen LogP contribution in [0.2, 0.25) is 0 Å². The molecule has 0 atom stereocenters. The Morgan fingerprint density at radius 1 is 1.42 bits per heavy atom. The van der Waals surface area contributed by atoms with Gasteiger partial charge in [0.2, 0.25) is 5.91 Å². The maximum atomic E-state index is 12.0. The normalized spacial score (nSPS) is 10.9. The van der Waals surface area contributed by atoms with E-state index in [0.29, 0.717) is 5.13 Å². The molecular weight excluding hydrogens is 260 g/mol. The van der Waals surface area contributed by atoms with Crippen molar-refractivity contribution in [1.82, 2.24) is 4.98 Å². The predicted octanol–water partition coefficient (Wildman–Crippen LogP) is 3.68. The molecule has 5 heteroatoms. The first kappa shape index (κ1) is 13.8. The van der Waals surface area contributed by atoms with Gasteiger partial charge in [-0.1, -0.05) is 25.2 Å². The lowest BCUT2D eigenvalue weighted by atomic mass is 10.0. The van der Waals surface area contributed by atoms with Gasteiger partial charge in [-0.2, -0.15) is 0 Å². The molecule has 102 valence electrons. The number of thiazole rings is 1. The summed E-state index contributed by atoms with van der Waals surface area (Å²) in [6.07, 6.45) is 1.70. The van der Waals surface area contributed by atoms with Crippen LogP contribution in [0.3, 0.4) is 0 Å². The molecule has 1 heterocycles. The molecule has 1 aromatic carbocycles. The molecule has 2 rings (SSSR count). The fraction of sp³-hybridized carbons (Fsp3) is 0.429. The number of benzene rings is 1. The molecule has 0 saturated heterocycles. The van der Waals surface area contributed by atoms with E-state index in [-0.39, 0.29) is 11.8 Å². The molecule has 0 spiro atoms. The van der Waals surface area contributed by atoms with E-state index in [0.717, 1.165) is 28.8 Å². The summed E-state index contributed by atoms with van der Waals surface area (Å²) < 4.78 is 6.19. The number of rotatable bonds is 5. The van der Waals surface area contributed by atoms with Crippen molar-refractivity contribution in [3.63, 3.8) is 0 Å². The number of carbonyl (C=O) groups is 1. The van der Waals surface area contributed by atoms with Crippen LogP contribution >= 0.6 is 11.3 Å². The average molecular weight is 278 g/mol. The van der Waals surface area contributed by atoms with Crippen LogP contribution in [-0.2, 0) is 4.79 Å². The minimum absolute atomic E-state index is 0.0519. The summed E-state index contributed by atoms with van der Waals surface area (Å²) >= 11 is 1.47. The van der Waals surface area contributed by atoms with Gasteiger partial charge in [0.05, 0.1) is 17.3 Å². The van der Waals surface area contributed by atoms with Crippen LogP contribution in [0.15, 0.2) is 18.2 Å². The monoisotopic (exact) mass is 278 g/mol. The SMILES string of the molecule is CCC(CC)C(=O)Nc1nc2ccc(OC)cc2s1. The number of hydrogen-bond donors (Lipinski definition) is 1. The number of fused-ring (bicyclic) bond motifs is 1. The van der Waals surface area contributed by atoms with Gasteiger partial charge in [-0.05, 0) is 31.0 Å². The first-order valence-corrected chi connectivity index (χ1v) is 7.25. The molecule has 1 aromatic heterocycles. The Hall–Kier alpha value is -1.62. The first-order chi connectivity index (χ1) is 9.17. The second-order valence-corrected chi connectivity index (χ2v) is 5.39. The molecule has 0 unspecified atom stereocenters. The van der Waals surface area contributed by atoms with E-state index in [1.165, 1.54) is 11.3 Å². The van der Waals surface area contributed by atoms with Crippen LogP contribution < -0.4 is 10.1 Å². The number of methoxy groups -OCH3 is 1. The largest absolute Gasteiger partial charge is 0.497 e. The summed E-state index contributed by atoms with van der Waals surface area (Å²) in [5.41, 5.74) is 0.880. The quantitative estimate of drug-likeness (QED) is 0.907. The Labute approximate surface area is 116 Å².